The second-order valence-electron chi connectivity index (χ2n) is 5.45. The maximum absolute atomic E-state index is 5.90. The molecule has 0 saturated heterocycles. The highest BCUT2D eigenvalue weighted by molar-refractivity contribution is 5.36. The summed E-state index contributed by atoms with van der Waals surface area (Å²) < 4.78 is 5.90. The van der Waals surface area contributed by atoms with Crippen molar-refractivity contribution in [2.75, 3.05) is 6.54 Å². The van der Waals surface area contributed by atoms with Gasteiger partial charge in [-0.05, 0) is 55.1 Å². The number of hydrogen-bond acceptors (Lipinski definition) is 4. The minimum absolute atomic E-state index is 0.128. The van der Waals surface area contributed by atoms with E-state index in [1.54, 1.807) is 6.20 Å². The molecule has 21 heavy (non-hydrogen) atoms. The Bertz CT molecular complexity index is 569. The zero-order valence-corrected chi connectivity index (χ0v) is 12.3. The van der Waals surface area contributed by atoms with Gasteiger partial charge in [0.15, 0.2) is 0 Å². The molecule has 3 rings (SSSR count). The molecular weight excluding hydrogens is 262 g/mol. The molecule has 4 heteroatoms. The van der Waals surface area contributed by atoms with Crippen LogP contribution in [0.5, 0.6) is 5.75 Å². The Morgan fingerprint density at radius 1 is 1.24 bits per heavy atom. The standard InChI is InChI=1S/C17H21N3O/c1-2-9-18-17(14-8-10-19-20-12-14)13-4-3-5-16(11-13)21-15-6-7-15/h3-5,8,10-12,15,17-18H,2,6-7,9H2,1H3. The molecule has 1 atom stereocenters. The summed E-state index contributed by atoms with van der Waals surface area (Å²) in [5.74, 6) is 0.959. The van der Waals surface area contributed by atoms with Gasteiger partial charge in [-0.1, -0.05) is 19.1 Å². The molecule has 1 unspecified atom stereocenters. The van der Waals surface area contributed by atoms with Crippen molar-refractivity contribution in [3.8, 4) is 5.75 Å². The van der Waals surface area contributed by atoms with Crippen molar-refractivity contribution in [1.29, 1.82) is 0 Å². The van der Waals surface area contributed by atoms with Gasteiger partial charge in [0.05, 0.1) is 18.3 Å². The van der Waals surface area contributed by atoms with Gasteiger partial charge in [0.25, 0.3) is 0 Å². The van der Waals surface area contributed by atoms with E-state index in [1.165, 1.54) is 18.4 Å². The van der Waals surface area contributed by atoms with Crippen LogP contribution in [0.4, 0.5) is 0 Å². The van der Waals surface area contributed by atoms with Gasteiger partial charge in [-0.15, -0.1) is 0 Å². The molecule has 1 aromatic heterocycles. The number of nitrogens with zero attached hydrogens (tertiary/aromatic N) is 2. The molecule has 4 nitrogen and oxygen atoms in total. The summed E-state index contributed by atoms with van der Waals surface area (Å²) in [4.78, 5) is 0. The first-order valence-corrected chi connectivity index (χ1v) is 7.63. The van der Waals surface area contributed by atoms with Gasteiger partial charge in [-0.25, -0.2) is 0 Å². The average molecular weight is 283 g/mol. The molecule has 1 aliphatic rings. The quantitative estimate of drug-likeness (QED) is 0.848. The summed E-state index contributed by atoms with van der Waals surface area (Å²) in [6.45, 7) is 3.13. The van der Waals surface area contributed by atoms with Crippen LogP contribution in [0.2, 0.25) is 0 Å². The van der Waals surface area contributed by atoms with Gasteiger partial charge in [-0.3, -0.25) is 0 Å². The maximum Gasteiger partial charge on any atom is 0.120 e. The Labute approximate surface area is 125 Å². The molecule has 0 bridgehead atoms. The molecule has 2 aromatic rings. The van der Waals surface area contributed by atoms with Crippen molar-refractivity contribution in [3.05, 3.63) is 53.9 Å². The fourth-order valence-electron chi connectivity index (χ4n) is 2.33. The molecule has 0 spiro atoms. The van der Waals surface area contributed by atoms with E-state index in [0.29, 0.717) is 6.10 Å². The SMILES string of the molecule is CCCNC(c1ccnnc1)c1cccc(OC2CC2)c1. The van der Waals surface area contributed by atoms with Crippen LogP contribution < -0.4 is 10.1 Å². The van der Waals surface area contributed by atoms with Crippen molar-refractivity contribution in [2.24, 2.45) is 0 Å². The summed E-state index contributed by atoms with van der Waals surface area (Å²) >= 11 is 0. The van der Waals surface area contributed by atoms with E-state index in [0.717, 1.165) is 24.3 Å². The monoisotopic (exact) mass is 283 g/mol. The van der Waals surface area contributed by atoms with E-state index in [-0.39, 0.29) is 6.04 Å². The van der Waals surface area contributed by atoms with E-state index in [1.807, 2.05) is 18.3 Å². The van der Waals surface area contributed by atoms with Crippen molar-refractivity contribution in [1.82, 2.24) is 15.5 Å². The minimum Gasteiger partial charge on any atom is -0.490 e. The van der Waals surface area contributed by atoms with Crippen molar-refractivity contribution in [2.45, 2.75) is 38.3 Å². The fraction of sp³-hybridized carbons (Fsp3) is 0.412. The van der Waals surface area contributed by atoms with E-state index in [4.69, 9.17) is 4.74 Å². The van der Waals surface area contributed by atoms with Crippen LogP contribution in [-0.2, 0) is 0 Å². The predicted octanol–water partition coefficient (Wildman–Crippen LogP) is 3.11. The van der Waals surface area contributed by atoms with E-state index >= 15 is 0 Å². The lowest BCUT2D eigenvalue weighted by Gasteiger charge is -2.19. The van der Waals surface area contributed by atoms with Crippen molar-refractivity contribution >= 4 is 0 Å². The Morgan fingerprint density at radius 3 is 2.86 bits per heavy atom. The smallest absolute Gasteiger partial charge is 0.120 e. The molecule has 1 aliphatic carbocycles. The van der Waals surface area contributed by atoms with Gasteiger partial charge in [0, 0.05) is 6.20 Å². The van der Waals surface area contributed by atoms with Crippen molar-refractivity contribution in [3.63, 3.8) is 0 Å². The summed E-state index contributed by atoms with van der Waals surface area (Å²) in [7, 11) is 0. The van der Waals surface area contributed by atoms with Crippen LogP contribution in [0.3, 0.4) is 0 Å². The lowest BCUT2D eigenvalue weighted by molar-refractivity contribution is 0.302. The summed E-state index contributed by atoms with van der Waals surface area (Å²) in [5, 5.41) is 11.4. The van der Waals surface area contributed by atoms with E-state index in [2.05, 4.69) is 40.6 Å². The third kappa shape index (κ3) is 3.79. The largest absolute Gasteiger partial charge is 0.490 e. The Hall–Kier alpha value is -1.94. The summed E-state index contributed by atoms with van der Waals surface area (Å²) in [5.41, 5.74) is 2.33. The van der Waals surface area contributed by atoms with Gasteiger partial charge in [0.1, 0.15) is 5.75 Å². The molecule has 1 saturated carbocycles. The summed E-state index contributed by atoms with van der Waals surface area (Å²) in [6, 6.07) is 10.5. The Balaban J connectivity index is 1.84. The second-order valence-corrected chi connectivity index (χ2v) is 5.45. The third-order valence-electron chi connectivity index (χ3n) is 3.56. The number of hydrogen-bond donors (Lipinski definition) is 1. The van der Waals surface area contributed by atoms with Crippen LogP contribution in [0.1, 0.15) is 43.4 Å². The maximum atomic E-state index is 5.90. The third-order valence-corrected chi connectivity index (χ3v) is 3.56. The fourth-order valence-corrected chi connectivity index (χ4v) is 2.33. The molecule has 0 aliphatic heterocycles. The highest BCUT2D eigenvalue weighted by Gasteiger charge is 2.24. The van der Waals surface area contributed by atoms with Gasteiger partial charge < -0.3 is 10.1 Å². The van der Waals surface area contributed by atoms with Crippen LogP contribution in [-0.4, -0.2) is 22.8 Å². The molecule has 1 heterocycles. The molecule has 1 fully saturated rings. The predicted molar refractivity (Wildman–Crippen MR) is 82.3 cm³/mol. The van der Waals surface area contributed by atoms with Gasteiger partial charge >= 0.3 is 0 Å². The number of benzene rings is 1. The summed E-state index contributed by atoms with van der Waals surface area (Å²) in [6.07, 6.45) is 7.42. The molecule has 1 N–H and O–H groups in total. The Morgan fingerprint density at radius 2 is 2.14 bits per heavy atom. The average Bonchev–Trinajstić information content (AvgIpc) is 3.33. The lowest BCUT2D eigenvalue weighted by Crippen LogP contribution is -2.23. The normalized spacial score (nSPS) is 15.7. The Kier molecular flexibility index (Phi) is 4.46. The number of aromatic nitrogens is 2. The van der Waals surface area contributed by atoms with Crippen LogP contribution in [0, 0.1) is 0 Å². The molecule has 1 aromatic carbocycles. The molecular formula is C17H21N3O. The molecule has 0 amide bonds. The first-order chi connectivity index (χ1) is 10.4. The first kappa shape index (κ1) is 14.0. The zero-order chi connectivity index (χ0) is 14.5. The van der Waals surface area contributed by atoms with E-state index in [9.17, 15) is 0 Å². The van der Waals surface area contributed by atoms with Crippen LogP contribution in [0.25, 0.3) is 0 Å². The molecule has 110 valence electrons. The number of rotatable bonds is 7. The first-order valence-electron chi connectivity index (χ1n) is 7.63. The van der Waals surface area contributed by atoms with Crippen LogP contribution in [0.15, 0.2) is 42.7 Å². The molecule has 0 radical (unpaired) electrons. The topological polar surface area (TPSA) is 47.0 Å². The highest BCUT2D eigenvalue weighted by Crippen LogP contribution is 2.29. The number of nitrogens with one attached hydrogen (secondary N) is 1. The van der Waals surface area contributed by atoms with Crippen LogP contribution >= 0.6 is 0 Å². The highest BCUT2D eigenvalue weighted by atomic mass is 16.5. The van der Waals surface area contributed by atoms with Gasteiger partial charge in [-0.2, -0.15) is 10.2 Å². The zero-order valence-electron chi connectivity index (χ0n) is 12.3. The van der Waals surface area contributed by atoms with E-state index < -0.39 is 0 Å². The van der Waals surface area contributed by atoms with Gasteiger partial charge in [0.2, 0.25) is 0 Å². The minimum atomic E-state index is 0.128. The lowest BCUT2D eigenvalue weighted by atomic mass is 10.00. The second kappa shape index (κ2) is 6.68. The van der Waals surface area contributed by atoms with Crippen molar-refractivity contribution < 1.29 is 4.74 Å². The number of ether oxygens (including phenoxy) is 1.